The van der Waals surface area contributed by atoms with E-state index in [-0.39, 0.29) is 11.9 Å². The third-order valence-corrected chi connectivity index (χ3v) is 2.40. The lowest BCUT2D eigenvalue weighted by molar-refractivity contribution is -0.111. The Morgan fingerprint density at radius 3 is 3.00 bits per heavy atom. The van der Waals surface area contributed by atoms with E-state index in [2.05, 4.69) is 16.9 Å². The van der Waals surface area contributed by atoms with Crippen molar-refractivity contribution in [3.05, 3.63) is 42.5 Å². The first kappa shape index (κ1) is 11.4. The van der Waals surface area contributed by atoms with Crippen LogP contribution in [-0.2, 0) is 9.53 Å². The summed E-state index contributed by atoms with van der Waals surface area (Å²) in [4.78, 5) is 15.7. The number of ether oxygens (including phenoxy) is 1. The summed E-state index contributed by atoms with van der Waals surface area (Å²) in [5.41, 5.74) is 1.48. The molecule has 2 rings (SSSR count). The number of benzene rings is 1. The number of carbonyl (C=O) groups is 1. The average Bonchev–Trinajstić information content (AvgIpc) is 2.76. The first-order valence-electron chi connectivity index (χ1n) is 5.44. The first-order valence-corrected chi connectivity index (χ1v) is 5.44. The molecule has 0 unspecified atom stereocenters. The maximum absolute atomic E-state index is 11.3. The lowest BCUT2D eigenvalue weighted by atomic mass is 10.1. The number of para-hydroxylation sites is 1. The van der Waals surface area contributed by atoms with Crippen LogP contribution >= 0.6 is 0 Å². The predicted octanol–water partition coefficient (Wildman–Crippen LogP) is 1.98. The molecular weight excluding hydrogens is 216 g/mol. The molecule has 0 aromatic heterocycles. The molecule has 0 radical (unpaired) electrons. The zero-order valence-electron chi connectivity index (χ0n) is 9.64. The Bertz CT molecular complexity index is 480. The quantitative estimate of drug-likeness (QED) is 0.807. The summed E-state index contributed by atoms with van der Waals surface area (Å²) in [5.74, 6) is 0.335. The molecule has 0 bridgehead atoms. The van der Waals surface area contributed by atoms with Gasteiger partial charge in [0, 0.05) is 0 Å². The van der Waals surface area contributed by atoms with E-state index < -0.39 is 0 Å². The number of amides is 1. The molecule has 1 N–H and O–H groups in total. The van der Waals surface area contributed by atoms with E-state index in [9.17, 15) is 4.79 Å². The molecule has 1 aromatic rings. The highest BCUT2D eigenvalue weighted by molar-refractivity contribution is 6.06. The van der Waals surface area contributed by atoms with Crippen molar-refractivity contribution in [1.29, 1.82) is 0 Å². The predicted molar refractivity (Wildman–Crippen MR) is 67.2 cm³/mol. The molecule has 1 atom stereocenters. The van der Waals surface area contributed by atoms with Gasteiger partial charge in [0.1, 0.15) is 6.61 Å². The summed E-state index contributed by atoms with van der Waals surface area (Å²) >= 11 is 0. The second-order valence-corrected chi connectivity index (χ2v) is 3.83. The Hall–Kier alpha value is -2.10. The van der Waals surface area contributed by atoms with E-state index >= 15 is 0 Å². The summed E-state index contributed by atoms with van der Waals surface area (Å²) in [6.45, 7) is 5.99. The molecule has 4 heteroatoms. The Labute approximate surface area is 100 Å². The van der Waals surface area contributed by atoms with Crippen LogP contribution in [0.3, 0.4) is 0 Å². The van der Waals surface area contributed by atoms with Crippen LogP contribution in [0.4, 0.5) is 5.69 Å². The van der Waals surface area contributed by atoms with Crippen LogP contribution in [0.15, 0.2) is 41.9 Å². The number of nitrogens with one attached hydrogen (secondary N) is 1. The van der Waals surface area contributed by atoms with Crippen molar-refractivity contribution in [2.45, 2.75) is 13.0 Å². The normalized spacial score (nSPS) is 18.2. The standard InChI is InChI=1S/C13H14N2O2/c1-3-12(16)15-11-7-5-4-6-10(11)13-14-9(2)8-17-13/h3-7,9H,1,8H2,2H3,(H,15,16)/t9-/m0/s1. The Kier molecular flexibility index (Phi) is 3.23. The minimum Gasteiger partial charge on any atom is -0.475 e. The van der Waals surface area contributed by atoms with Gasteiger partial charge >= 0.3 is 0 Å². The van der Waals surface area contributed by atoms with Crippen molar-refractivity contribution < 1.29 is 9.53 Å². The molecule has 0 saturated carbocycles. The average molecular weight is 230 g/mol. The first-order chi connectivity index (χ1) is 8.20. The third-order valence-electron chi connectivity index (χ3n) is 2.40. The fourth-order valence-corrected chi connectivity index (χ4v) is 1.58. The summed E-state index contributed by atoms with van der Waals surface area (Å²) < 4.78 is 5.48. The van der Waals surface area contributed by atoms with Gasteiger partial charge in [-0.05, 0) is 25.1 Å². The van der Waals surface area contributed by atoms with Crippen LogP contribution in [0.1, 0.15) is 12.5 Å². The summed E-state index contributed by atoms with van der Waals surface area (Å²) in [6, 6.07) is 7.57. The fraction of sp³-hybridized carbons (Fsp3) is 0.231. The minimum atomic E-state index is -0.246. The minimum absolute atomic E-state index is 0.160. The zero-order valence-corrected chi connectivity index (χ0v) is 9.64. The number of aliphatic imine (C=N–C) groups is 1. The highest BCUT2D eigenvalue weighted by atomic mass is 16.5. The van der Waals surface area contributed by atoms with Gasteiger partial charge in [-0.25, -0.2) is 4.99 Å². The fourth-order valence-electron chi connectivity index (χ4n) is 1.58. The van der Waals surface area contributed by atoms with Crippen molar-refractivity contribution in [2.24, 2.45) is 4.99 Å². The second kappa shape index (κ2) is 4.82. The van der Waals surface area contributed by atoms with E-state index in [0.717, 1.165) is 5.56 Å². The van der Waals surface area contributed by atoms with Crippen molar-refractivity contribution in [1.82, 2.24) is 0 Å². The molecule has 1 heterocycles. The van der Waals surface area contributed by atoms with Gasteiger partial charge in [0.2, 0.25) is 11.8 Å². The zero-order chi connectivity index (χ0) is 12.3. The molecule has 1 aromatic carbocycles. The number of carbonyl (C=O) groups excluding carboxylic acids is 1. The highest BCUT2D eigenvalue weighted by Crippen LogP contribution is 2.20. The van der Waals surface area contributed by atoms with E-state index in [4.69, 9.17) is 4.74 Å². The molecule has 88 valence electrons. The Balaban J connectivity index is 2.31. The van der Waals surface area contributed by atoms with E-state index in [1.165, 1.54) is 6.08 Å². The van der Waals surface area contributed by atoms with Gasteiger partial charge in [-0.3, -0.25) is 4.79 Å². The van der Waals surface area contributed by atoms with Crippen LogP contribution in [0.5, 0.6) is 0 Å². The molecule has 1 aliphatic rings. The van der Waals surface area contributed by atoms with Crippen molar-refractivity contribution in [3.63, 3.8) is 0 Å². The summed E-state index contributed by atoms with van der Waals surface area (Å²) in [7, 11) is 0. The monoisotopic (exact) mass is 230 g/mol. The Morgan fingerprint density at radius 2 is 2.35 bits per heavy atom. The molecular formula is C13H14N2O2. The van der Waals surface area contributed by atoms with Crippen molar-refractivity contribution >= 4 is 17.5 Å². The van der Waals surface area contributed by atoms with Gasteiger partial charge in [0.05, 0.1) is 17.3 Å². The Morgan fingerprint density at radius 1 is 1.59 bits per heavy atom. The van der Waals surface area contributed by atoms with Crippen LogP contribution in [0.25, 0.3) is 0 Å². The van der Waals surface area contributed by atoms with Crippen LogP contribution < -0.4 is 5.32 Å². The van der Waals surface area contributed by atoms with E-state index in [0.29, 0.717) is 18.2 Å². The summed E-state index contributed by atoms with van der Waals surface area (Å²) in [6.07, 6.45) is 1.23. The second-order valence-electron chi connectivity index (χ2n) is 3.83. The van der Waals surface area contributed by atoms with Gasteiger partial charge in [0.25, 0.3) is 0 Å². The number of hydrogen-bond acceptors (Lipinski definition) is 3. The van der Waals surface area contributed by atoms with Gasteiger partial charge < -0.3 is 10.1 Å². The van der Waals surface area contributed by atoms with E-state index in [1.54, 1.807) is 0 Å². The molecule has 0 fully saturated rings. The number of rotatable bonds is 3. The molecule has 1 aliphatic heterocycles. The van der Waals surface area contributed by atoms with Crippen molar-refractivity contribution in [2.75, 3.05) is 11.9 Å². The largest absolute Gasteiger partial charge is 0.475 e. The van der Waals surface area contributed by atoms with Gasteiger partial charge in [0.15, 0.2) is 0 Å². The SMILES string of the molecule is C=CC(=O)Nc1ccccc1C1=N[C@@H](C)CO1. The maximum Gasteiger partial charge on any atom is 0.247 e. The van der Waals surface area contributed by atoms with Gasteiger partial charge in [-0.15, -0.1) is 0 Å². The molecule has 4 nitrogen and oxygen atoms in total. The van der Waals surface area contributed by atoms with Crippen LogP contribution in [-0.4, -0.2) is 24.5 Å². The van der Waals surface area contributed by atoms with Gasteiger partial charge in [-0.1, -0.05) is 18.7 Å². The maximum atomic E-state index is 11.3. The lowest BCUT2D eigenvalue weighted by Crippen LogP contribution is -2.12. The van der Waals surface area contributed by atoms with Crippen LogP contribution in [0.2, 0.25) is 0 Å². The third kappa shape index (κ3) is 2.53. The number of anilines is 1. The molecule has 17 heavy (non-hydrogen) atoms. The highest BCUT2D eigenvalue weighted by Gasteiger charge is 2.18. The van der Waals surface area contributed by atoms with Gasteiger partial charge in [-0.2, -0.15) is 0 Å². The molecule has 0 spiro atoms. The number of hydrogen-bond donors (Lipinski definition) is 1. The molecule has 0 saturated heterocycles. The van der Waals surface area contributed by atoms with E-state index in [1.807, 2.05) is 31.2 Å². The molecule has 0 aliphatic carbocycles. The molecule has 1 amide bonds. The topological polar surface area (TPSA) is 50.7 Å². The summed E-state index contributed by atoms with van der Waals surface area (Å²) in [5, 5.41) is 2.73. The lowest BCUT2D eigenvalue weighted by Gasteiger charge is -2.09. The smallest absolute Gasteiger partial charge is 0.247 e. The number of nitrogens with zero attached hydrogens (tertiary/aromatic N) is 1. The van der Waals surface area contributed by atoms with Crippen LogP contribution in [0, 0.1) is 0 Å². The van der Waals surface area contributed by atoms with Crippen molar-refractivity contribution in [3.8, 4) is 0 Å².